The molecule has 0 saturated heterocycles. The molecule has 0 rings (SSSR count). The fraction of sp³-hybridized carbons (Fsp3) is 0.300. The smallest absolute Gasteiger partial charge is 0.163 e. The van der Waals surface area contributed by atoms with Crippen molar-refractivity contribution in [3.8, 4) is 0 Å². The van der Waals surface area contributed by atoms with E-state index in [2.05, 4.69) is 11.6 Å². The molecule has 2 N–H and O–H groups in total. The average Bonchev–Trinajstić information content (AvgIpc) is 2.09. The maximum Gasteiger partial charge on any atom is 0.163 e. The molecule has 76 valence electrons. The van der Waals surface area contributed by atoms with Crippen LogP contribution in [0.15, 0.2) is 29.3 Å². The highest BCUT2D eigenvalue weighted by Crippen LogP contribution is 1.97. The van der Waals surface area contributed by atoms with Crippen LogP contribution in [0.4, 0.5) is 0 Å². The molecule has 14 heavy (non-hydrogen) atoms. The van der Waals surface area contributed by atoms with Crippen molar-refractivity contribution >= 4 is 17.4 Å². The summed E-state index contributed by atoms with van der Waals surface area (Å²) in [6.45, 7) is 6.46. The van der Waals surface area contributed by atoms with E-state index in [9.17, 15) is 9.59 Å². The summed E-state index contributed by atoms with van der Waals surface area (Å²) in [5.41, 5.74) is 5.52. The van der Waals surface area contributed by atoms with Crippen LogP contribution in [0.3, 0.4) is 0 Å². The molecule has 0 atom stereocenters. The number of carbonyl (C=O) groups is 2. The Hall–Kier alpha value is -1.71. The van der Waals surface area contributed by atoms with E-state index in [-0.39, 0.29) is 23.0 Å². The molecule has 0 fully saturated rings. The highest BCUT2D eigenvalue weighted by Gasteiger charge is 2.09. The van der Waals surface area contributed by atoms with E-state index < -0.39 is 0 Å². The summed E-state index contributed by atoms with van der Waals surface area (Å²) in [6, 6.07) is 0. The van der Waals surface area contributed by atoms with Gasteiger partial charge in [-0.1, -0.05) is 6.08 Å². The number of ketones is 2. The summed E-state index contributed by atoms with van der Waals surface area (Å²) in [7, 11) is 0. The molecule has 0 heterocycles. The van der Waals surface area contributed by atoms with Crippen LogP contribution in [-0.2, 0) is 9.59 Å². The van der Waals surface area contributed by atoms with Gasteiger partial charge in [0.1, 0.15) is 5.84 Å². The quantitative estimate of drug-likeness (QED) is 0.174. The zero-order valence-electron chi connectivity index (χ0n) is 8.41. The van der Waals surface area contributed by atoms with Crippen LogP contribution in [0.2, 0.25) is 0 Å². The van der Waals surface area contributed by atoms with E-state index in [1.54, 1.807) is 6.08 Å². The maximum absolute atomic E-state index is 11.0. The van der Waals surface area contributed by atoms with Gasteiger partial charge in [0, 0.05) is 0 Å². The Balaban J connectivity index is 4.82. The first-order valence-corrected chi connectivity index (χ1v) is 4.13. The summed E-state index contributed by atoms with van der Waals surface area (Å²) in [5, 5.41) is 0. The number of rotatable bonds is 5. The van der Waals surface area contributed by atoms with Crippen LogP contribution < -0.4 is 5.73 Å². The van der Waals surface area contributed by atoms with Crippen LogP contribution >= 0.6 is 0 Å². The van der Waals surface area contributed by atoms with Gasteiger partial charge in [-0.2, -0.15) is 0 Å². The number of nitrogens with two attached hydrogens (primary N) is 1. The number of Topliss-reactive ketones (excluding diaryl/α,β-unsaturated/α-hetero) is 2. The van der Waals surface area contributed by atoms with Crippen molar-refractivity contribution in [2.75, 3.05) is 6.54 Å². The van der Waals surface area contributed by atoms with Gasteiger partial charge >= 0.3 is 0 Å². The van der Waals surface area contributed by atoms with Crippen molar-refractivity contribution in [2.24, 2.45) is 10.7 Å². The molecule has 0 aromatic heterocycles. The molecular weight excluding hydrogens is 180 g/mol. The zero-order valence-corrected chi connectivity index (χ0v) is 8.41. The topological polar surface area (TPSA) is 72.5 Å². The summed E-state index contributed by atoms with van der Waals surface area (Å²) < 4.78 is 0. The minimum absolute atomic E-state index is 0.0651. The minimum atomic E-state index is -0.311. The Morgan fingerprint density at radius 3 is 2.21 bits per heavy atom. The van der Waals surface area contributed by atoms with Crippen LogP contribution in [0.1, 0.15) is 13.8 Å². The van der Waals surface area contributed by atoms with Crippen LogP contribution in [0.5, 0.6) is 0 Å². The van der Waals surface area contributed by atoms with E-state index in [1.165, 1.54) is 19.9 Å². The fourth-order valence-electron chi connectivity index (χ4n) is 0.815. The molecular formula is C10H14N2O2. The summed E-state index contributed by atoms with van der Waals surface area (Å²) in [6.07, 6.45) is 2.86. The van der Waals surface area contributed by atoms with E-state index in [0.717, 1.165) is 0 Å². The molecule has 0 aromatic carbocycles. The Kier molecular flexibility index (Phi) is 5.14. The first kappa shape index (κ1) is 12.3. The predicted octanol–water partition coefficient (Wildman–Crippen LogP) is 0.634. The molecule has 0 radical (unpaired) electrons. The van der Waals surface area contributed by atoms with E-state index in [1.807, 2.05) is 0 Å². The number of nitrogens with zero attached hydrogens (tertiary/aromatic N) is 1. The monoisotopic (exact) mass is 194 g/mol. The van der Waals surface area contributed by atoms with Gasteiger partial charge in [0.15, 0.2) is 11.6 Å². The molecule has 0 amide bonds. The standard InChI is InChI=1S/C10H14N2O2/c1-4-5-12-10(11)6-9(7(2)13)8(3)14/h4,6H,1,5H2,2-3H3,(H2,11,12). The lowest BCUT2D eigenvalue weighted by Gasteiger charge is -1.97. The van der Waals surface area contributed by atoms with E-state index in [0.29, 0.717) is 6.54 Å². The molecule has 0 aliphatic carbocycles. The summed E-state index contributed by atoms with van der Waals surface area (Å²) in [4.78, 5) is 25.8. The van der Waals surface area contributed by atoms with Crippen molar-refractivity contribution in [1.29, 1.82) is 0 Å². The molecule has 0 bridgehead atoms. The number of carbonyl (C=O) groups excluding carboxylic acids is 2. The van der Waals surface area contributed by atoms with Crippen LogP contribution in [-0.4, -0.2) is 23.9 Å². The third-order valence-electron chi connectivity index (χ3n) is 1.45. The predicted molar refractivity (Wildman–Crippen MR) is 56.1 cm³/mol. The van der Waals surface area contributed by atoms with Gasteiger partial charge in [-0.15, -0.1) is 6.58 Å². The Morgan fingerprint density at radius 2 is 1.86 bits per heavy atom. The molecule has 4 heteroatoms. The second kappa shape index (κ2) is 5.85. The van der Waals surface area contributed by atoms with Gasteiger partial charge in [0.2, 0.25) is 0 Å². The molecule has 0 spiro atoms. The minimum Gasteiger partial charge on any atom is -0.384 e. The molecule has 0 aromatic rings. The second-order valence-corrected chi connectivity index (χ2v) is 2.72. The van der Waals surface area contributed by atoms with Crippen molar-refractivity contribution in [3.05, 3.63) is 24.3 Å². The Bertz CT molecular complexity index is 298. The summed E-state index contributed by atoms with van der Waals surface area (Å²) >= 11 is 0. The molecule has 0 aliphatic heterocycles. The van der Waals surface area contributed by atoms with Crippen molar-refractivity contribution in [3.63, 3.8) is 0 Å². The molecule has 0 saturated carbocycles. The highest BCUT2D eigenvalue weighted by atomic mass is 16.1. The normalized spacial score (nSPS) is 10.6. The number of hydrogen-bond acceptors (Lipinski definition) is 3. The van der Waals surface area contributed by atoms with Gasteiger partial charge in [-0.25, -0.2) is 0 Å². The fourth-order valence-corrected chi connectivity index (χ4v) is 0.815. The second-order valence-electron chi connectivity index (χ2n) is 2.72. The number of allylic oxidation sites excluding steroid dienone is 1. The Morgan fingerprint density at radius 1 is 1.36 bits per heavy atom. The van der Waals surface area contributed by atoms with Gasteiger partial charge in [-0.3, -0.25) is 14.6 Å². The first-order chi connectivity index (χ1) is 6.49. The molecule has 4 nitrogen and oxygen atoms in total. The highest BCUT2D eigenvalue weighted by molar-refractivity contribution is 6.21. The van der Waals surface area contributed by atoms with Crippen LogP contribution in [0, 0.1) is 0 Å². The average molecular weight is 194 g/mol. The number of hydrogen-bond donors (Lipinski definition) is 1. The lowest BCUT2D eigenvalue weighted by atomic mass is 10.1. The van der Waals surface area contributed by atoms with Crippen molar-refractivity contribution in [1.82, 2.24) is 0 Å². The first-order valence-electron chi connectivity index (χ1n) is 4.13. The number of aliphatic imine (C=N–C) groups is 1. The van der Waals surface area contributed by atoms with Gasteiger partial charge in [-0.05, 0) is 19.9 Å². The lowest BCUT2D eigenvalue weighted by Crippen LogP contribution is -2.15. The van der Waals surface area contributed by atoms with Gasteiger partial charge in [0.05, 0.1) is 12.1 Å². The van der Waals surface area contributed by atoms with Crippen LogP contribution in [0.25, 0.3) is 0 Å². The van der Waals surface area contributed by atoms with Gasteiger partial charge < -0.3 is 5.73 Å². The zero-order chi connectivity index (χ0) is 11.1. The van der Waals surface area contributed by atoms with Crippen molar-refractivity contribution in [2.45, 2.75) is 13.8 Å². The molecule has 0 unspecified atom stereocenters. The summed E-state index contributed by atoms with van der Waals surface area (Å²) in [5.74, 6) is -0.464. The lowest BCUT2D eigenvalue weighted by molar-refractivity contribution is -0.119. The largest absolute Gasteiger partial charge is 0.384 e. The third kappa shape index (κ3) is 4.35. The maximum atomic E-state index is 11.0. The third-order valence-corrected chi connectivity index (χ3v) is 1.45. The molecule has 0 aliphatic rings. The van der Waals surface area contributed by atoms with Gasteiger partial charge in [0.25, 0.3) is 0 Å². The van der Waals surface area contributed by atoms with E-state index >= 15 is 0 Å². The van der Waals surface area contributed by atoms with Crippen molar-refractivity contribution < 1.29 is 9.59 Å². The number of amidine groups is 1. The SMILES string of the molecule is C=CCN=C(N)C=C(C(C)=O)C(C)=O. The Labute approximate surface area is 83.2 Å². The van der Waals surface area contributed by atoms with E-state index in [4.69, 9.17) is 5.73 Å².